The van der Waals surface area contributed by atoms with Crippen LogP contribution in [-0.4, -0.2) is 18.1 Å². The lowest BCUT2D eigenvalue weighted by Gasteiger charge is -2.03. The van der Waals surface area contributed by atoms with E-state index in [-0.39, 0.29) is 16.0 Å². The van der Waals surface area contributed by atoms with Crippen molar-refractivity contribution in [2.24, 2.45) is 0 Å². The summed E-state index contributed by atoms with van der Waals surface area (Å²) in [5.74, 6) is -0.865. The van der Waals surface area contributed by atoms with Crippen LogP contribution in [0.25, 0.3) is 11.0 Å². The molecule has 1 aromatic carbocycles. The van der Waals surface area contributed by atoms with Gasteiger partial charge in [0.2, 0.25) is 4.90 Å². The number of hydrogen-bond acceptors (Lipinski definition) is 5. The van der Waals surface area contributed by atoms with Gasteiger partial charge >= 0.3 is 15.7 Å². The number of fused-ring (bicyclic) bond motifs is 1. The predicted molar refractivity (Wildman–Crippen MR) is 59.0 cm³/mol. The van der Waals surface area contributed by atoms with Crippen molar-refractivity contribution in [1.82, 2.24) is 0 Å². The molecule has 90 valence electrons. The second kappa shape index (κ2) is 3.73. The maximum atomic E-state index is 11.3. The van der Waals surface area contributed by atoms with E-state index < -0.39 is 26.4 Å². The zero-order valence-electron chi connectivity index (χ0n) is 8.05. The van der Waals surface area contributed by atoms with Gasteiger partial charge in [-0.1, -0.05) is 11.6 Å². The van der Waals surface area contributed by atoms with E-state index >= 15 is 0 Å². The Balaban J connectivity index is 3.01. The van der Waals surface area contributed by atoms with Crippen molar-refractivity contribution in [3.05, 3.63) is 33.6 Å². The average Bonchev–Trinajstić information content (AvgIpc) is 2.13. The maximum absolute atomic E-state index is 11.3. The summed E-state index contributed by atoms with van der Waals surface area (Å²) in [6, 6.07) is 3.88. The second-order valence-electron chi connectivity index (χ2n) is 3.18. The van der Waals surface area contributed by atoms with E-state index in [1.807, 2.05) is 0 Å². The largest absolute Gasteiger partial charge is 0.505 e. The van der Waals surface area contributed by atoms with E-state index in [1.165, 1.54) is 18.2 Å². The van der Waals surface area contributed by atoms with Gasteiger partial charge in [-0.15, -0.1) is 0 Å². The van der Waals surface area contributed by atoms with E-state index in [4.69, 9.17) is 16.2 Å². The minimum absolute atomic E-state index is 0.0402. The summed E-state index contributed by atoms with van der Waals surface area (Å²) >= 11 is 5.64. The first-order valence-corrected chi connectivity index (χ1v) is 6.05. The fourth-order valence-corrected chi connectivity index (χ4v) is 2.14. The van der Waals surface area contributed by atoms with Gasteiger partial charge in [-0.3, -0.25) is 4.55 Å². The van der Waals surface area contributed by atoms with E-state index in [2.05, 4.69) is 4.42 Å². The van der Waals surface area contributed by atoms with Crippen LogP contribution in [-0.2, 0) is 10.1 Å². The summed E-state index contributed by atoms with van der Waals surface area (Å²) in [6.45, 7) is 0. The Morgan fingerprint density at radius 2 is 1.94 bits per heavy atom. The van der Waals surface area contributed by atoms with E-state index in [9.17, 15) is 18.3 Å². The van der Waals surface area contributed by atoms with Crippen molar-refractivity contribution in [3.63, 3.8) is 0 Å². The third-order valence-electron chi connectivity index (χ3n) is 2.06. The van der Waals surface area contributed by atoms with Gasteiger partial charge in [0, 0.05) is 11.1 Å². The molecule has 6 nitrogen and oxygen atoms in total. The molecule has 2 rings (SSSR count). The van der Waals surface area contributed by atoms with Crippen molar-refractivity contribution in [2.75, 3.05) is 0 Å². The second-order valence-corrected chi connectivity index (χ2v) is 4.98. The summed E-state index contributed by atoms with van der Waals surface area (Å²) in [5, 5.41) is 9.82. The van der Waals surface area contributed by atoms with Gasteiger partial charge in [-0.25, -0.2) is 4.79 Å². The monoisotopic (exact) mass is 276 g/mol. The molecule has 0 radical (unpaired) electrons. The zero-order chi connectivity index (χ0) is 12.8. The topological polar surface area (TPSA) is 105 Å². The summed E-state index contributed by atoms with van der Waals surface area (Å²) in [7, 11) is -4.85. The van der Waals surface area contributed by atoms with Gasteiger partial charge in [0.25, 0.3) is 0 Å². The molecule has 2 N–H and O–H groups in total. The number of hydrogen-bond donors (Lipinski definition) is 2. The lowest BCUT2D eigenvalue weighted by Crippen LogP contribution is -2.13. The molecular weight excluding hydrogens is 272 g/mol. The first-order valence-electron chi connectivity index (χ1n) is 4.23. The van der Waals surface area contributed by atoms with Gasteiger partial charge in [-0.05, 0) is 12.1 Å². The van der Waals surface area contributed by atoms with Gasteiger partial charge in [0.1, 0.15) is 5.58 Å². The highest BCUT2D eigenvalue weighted by molar-refractivity contribution is 7.86. The molecule has 0 spiro atoms. The van der Waals surface area contributed by atoms with E-state index in [1.54, 1.807) is 0 Å². The molecule has 0 fully saturated rings. The van der Waals surface area contributed by atoms with Gasteiger partial charge in [-0.2, -0.15) is 8.42 Å². The molecule has 2 aromatic rings. The first kappa shape index (κ1) is 11.9. The molecule has 0 unspecified atom stereocenters. The fourth-order valence-electron chi connectivity index (χ4n) is 1.37. The normalized spacial score (nSPS) is 11.9. The summed E-state index contributed by atoms with van der Waals surface area (Å²) in [6.07, 6.45) is 0. The molecule has 0 bridgehead atoms. The third kappa shape index (κ3) is 1.99. The Labute approximate surface area is 99.8 Å². The van der Waals surface area contributed by atoms with E-state index in [0.29, 0.717) is 0 Å². The average molecular weight is 277 g/mol. The number of halogens is 1. The molecule has 0 saturated carbocycles. The number of rotatable bonds is 1. The van der Waals surface area contributed by atoms with Crippen LogP contribution in [0.2, 0.25) is 5.02 Å². The quantitative estimate of drug-likeness (QED) is 0.602. The molecule has 0 saturated heterocycles. The minimum Gasteiger partial charge on any atom is -0.505 e. The Bertz CT molecular complexity index is 761. The van der Waals surface area contributed by atoms with Crippen LogP contribution < -0.4 is 5.63 Å². The lowest BCUT2D eigenvalue weighted by molar-refractivity contribution is 0.425. The van der Waals surface area contributed by atoms with Crippen molar-refractivity contribution in [1.29, 1.82) is 0 Å². The van der Waals surface area contributed by atoms with Crippen molar-refractivity contribution >= 4 is 32.7 Å². The maximum Gasteiger partial charge on any atom is 0.361 e. The first-order chi connectivity index (χ1) is 7.80. The third-order valence-corrected chi connectivity index (χ3v) is 3.17. The molecule has 8 heteroatoms. The van der Waals surface area contributed by atoms with Gasteiger partial charge < -0.3 is 9.52 Å². The highest BCUT2D eigenvalue weighted by atomic mass is 35.5. The standard InChI is InChI=1S/C9H5ClO6S/c10-4-1-2-5-6(3-4)16-9(12)8(7(5)11)17(13,14)15/h1-3,11H,(H,13,14,15). The Hall–Kier alpha value is -1.57. The highest BCUT2D eigenvalue weighted by Gasteiger charge is 2.24. The molecular formula is C9H5ClO6S. The van der Waals surface area contributed by atoms with Crippen molar-refractivity contribution < 1.29 is 22.5 Å². The Morgan fingerprint density at radius 3 is 2.53 bits per heavy atom. The van der Waals surface area contributed by atoms with Crippen molar-refractivity contribution in [3.8, 4) is 5.75 Å². The van der Waals surface area contributed by atoms with Crippen LogP contribution in [0.15, 0.2) is 32.3 Å². The van der Waals surface area contributed by atoms with Crippen LogP contribution in [0.5, 0.6) is 5.75 Å². The molecule has 1 aromatic heterocycles. The Kier molecular flexibility index (Phi) is 2.61. The number of benzene rings is 1. The highest BCUT2D eigenvalue weighted by Crippen LogP contribution is 2.30. The predicted octanol–water partition coefficient (Wildman–Crippen LogP) is 1.40. The molecule has 0 aliphatic carbocycles. The number of aromatic hydroxyl groups is 1. The van der Waals surface area contributed by atoms with Crippen molar-refractivity contribution in [2.45, 2.75) is 4.90 Å². The smallest absolute Gasteiger partial charge is 0.361 e. The Morgan fingerprint density at radius 1 is 1.29 bits per heavy atom. The molecule has 1 heterocycles. The molecule has 17 heavy (non-hydrogen) atoms. The molecule has 0 aliphatic rings. The fraction of sp³-hybridized carbons (Fsp3) is 0. The van der Waals surface area contributed by atoms with E-state index in [0.717, 1.165) is 0 Å². The minimum atomic E-state index is -4.85. The molecule has 0 atom stereocenters. The SMILES string of the molecule is O=c1oc2cc(Cl)ccc2c(O)c1S(=O)(=O)O. The van der Waals surface area contributed by atoms with Crippen LogP contribution in [0.4, 0.5) is 0 Å². The summed E-state index contributed by atoms with van der Waals surface area (Å²) in [5.41, 5.74) is -1.44. The van der Waals surface area contributed by atoms with Gasteiger partial charge in [0.15, 0.2) is 5.75 Å². The van der Waals surface area contributed by atoms with Crippen LogP contribution in [0, 0.1) is 0 Å². The summed E-state index contributed by atoms with van der Waals surface area (Å²) < 4.78 is 35.2. The van der Waals surface area contributed by atoms with Crippen LogP contribution in [0.3, 0.4) is 0 Å². The van der Waals surface area contributed by atoms with Crippen LogP contribution in [0.1, 0.15) is 0 Å². The van der Waals surface area contributed by atoms with Crippen LogP contribution >= 0.6 is 11.6 Å². The van der Waals surface area contributed by atoms with Gasteiger partial charge in [0.05, 0.1) is 5.39 Å². The molecule has 0 aliphatic heterocycles. The lowest BCUT2D eigenvalue weighted by atomic mass is 10.2. The molecule has 0 amide bonds. The summed E-state index contributed by atoms with van der Waals surface area (Å²) in [4.78, 5) is 10.1. The zero-order valence-corrected chi connectivity index (χ0v) is 9.62.